The normalized spacial score (nSPS) is 10.7. The van der Waals surface area contributed by atoms with Crippen LogP contribution in [0.15, 0.2) is 59.5 Å². The van der Waals surface area contributed by atoms with Crippen LogP contribution in [0.5, 0.6) is 23.0 Å². The van der Waals surface area contributed by atoms with Crippen LogP contribution >= 0.6 is 11.3 Å². The summed E-state index contributed by atoms with van der Waals surface area (Å²) in [6.45, 7) is 0. The summed E-state index contributed by atoms with van der Waals surface area (Å²) in [6.07, 6.45) is 1.41. The number of nitriles is 1. The van der Waals surface area contributed by atoms with Crippen LogP contribution < -0.4 is 24.3 Å². The maximum absolute atomic E-state index is 12.6. The highest BCUT2D eigenvalue weighted by Crippen LogP contribution is 2.31. The van der Waals surface area contributed by atoms with Crippen molar-refractivity contribution in [2.45, 2.75) is 0 Å². The van der Waals surface area contributed by atoms with Gasteiger partial charge in [-0.25, -0.2) is 4.79 Å². The van der Waals surface area contributed by atoms with Crippen LogP contribution in [0.3, 0.4) is 0 Å². The third-order valence-corrected chi connectivity index (χ3v) is 5.28. The number of anilines is 1. The lowest BCUT2D eigenvalue weighted by Gasteiger charge is -2.11. The first-order chi connectivity index (χ1) is 16.0. The average molecular weight is 464 g/mol. The van der Waals surface area contributed by atoms with E-state index in [4.69, 9.17) is 18.9 Å². The maximum atomic E-state index is 12.6. The van der Waals surface area contributed by atoms with Gasteiger partial charge in [-0.2, -0.15) is 5.26 Å². The SMILES string of the molecule is COc1ccc(NC(=O)C(C#N)=Cc2ccc(OC(=O)c3cccs3)c(OC)c2)cc1OC. The molecule has 3 rings (SSSR count). The number of ether oxygens (including phenoxy) is 4. The number of carbonyl (C=O) groups excluding carboxylic acids is 2. The fourth-order valence-electron chi connectivity index (χ4n) is 2.83. The minimum absolute atomic E-state index is 0.129. The highest BCUT2D eigenvalue weighted by Gasteiger charge is 2.15. The lowest BCUT2D eigenvalue weighted by molar-refractivity contribution is -0.112. The molecule has 0 unspecified atom stereocenters. The number of nitrogens with zero attached hydrogens (tertiary/aromatic N) is 1. The van der Waals surface area contributed by atoms with Gasteiger partial charge in [0.15, 0.2) is 23.0 Å². The summed E-state index contributed by atoms with van der Waals surface area (Å²) < 4.78 is 21.1. The van der Waals surface area contributed by atoms with Crippen molar-refractivity contribution in [2.24, 2.45) is 0 Å². The van der Waals surface area contributed by atoms with Crippen molar-refractivity contribution >= 4 is 35.0 Å². The zero-order valence-electron chi connectivity index (χ0n) is 18.1. The number of hydrogen-bond acceptors (Lipinski definition) is 8. The number of hydrogen-bond donors (Lipinski definition) is 1. The van der Waals surface area contributed by atoms with Gasteiger partial charge < -0.3 is 24.3 Å². The van der Waals surface area contributed by atoms with Gasteiger partial charge in [-0.1, -0.05) is 12.1 Å². The van der Waals surface area contributed by atoms with Gasteiger partial charge in [0.1, 0.15) is 16.5 Å². The Morgan fingerprint density at radius 3 is 2.27 bits per heavy atom. The molecule has 0 bridgehead atoms. The molecule has 2 aromatic carbocycles. The summed E-state index contributed by atoms with van der Waals surface area (Å²) >= 11 is 1.27. The second-order valence-electron chi connectivity index (χ2n) is 6.47. The first kappa shape index (κ1) is 23.4. The molecule has 0 spiro atoms. The second-order valence-corrected chi connectivity index (χ2v) is 7.42. The number of methoxy groups -OCH3 is 3. The molecule has 0 fully saturated rings. The highest BCUT2D eigenvalue weighted by molar-refractivity contribution is 7.12. The van der Waals surface area contributed by atoms with Gasteiger partial charge in [0.2, 0.25) is 0 Å². The van der Waals surface area contributed by atoms with Crippen molar-refractivity contribution in [3.63, 3.8) is 0 Å². The van der Waals surface area contributed by atoms with Gasteiger partial charge in [0.25, 0.3) is 5.91 Å². The molecule has 1 heterocycles. The van der Waals surface area contributed by atoms with E-state index in [0.29, 0.717) is 27.6 Å². The van der Waals surface area contributed by atoms with Crippen molar-refractivity contribution in [1.82, 2.24) is 0 Å². The minimum Gasteiger partial charge on any atom is -0.493 e. The Labute approximate surface area is 194 Å². The van der Waals surface area contributed by atoms with E-state index < -0.39 is 11.9 Å². The van der Waals surface area contributed by atoms with E-state index in [1.165, 1.54) is 44.8 Å². The molecule has 0 saturated heterocycles. The van der Waals surface area contributed by atoms with E-state index in [2.05, 4.69) is 5.32 Å². The van der Waals surface area contributed by atoms with Gasteiger partial charge in [0, 0.05) is 11.8 Å². The maximum Gasteiger partial charge on any atom is 0.353 e. The van der Waals surface area contributed by atoms with Gasteiger partial charge in [-0.3, -0.25) is 4.79 Å². The Morgan fingerprint density at radius 2 is 1.64 bits per heavy atom. The third-order valence-electron chi connectivity index (χ3n) is 4.43. The zero-order valence-corrected chi connectivity index (χ0v) is 18.9. The summed E-state index contributed by atoms with van der Waals surface area (Å²) in [5.41, 5.74) is 0.823. The first-order valence-electron chi connectivity index (χ1n) is 9.58. The topological polar surface area (TPSA) is 107 Å². The molecule has 8 nitrogen and oxygen atoms in total. The summed E-state index contributed by atoms with van der Waals surface area (Å²) in [7, 11) is 4.43. The molecule has 1 N–H and O–H groups in total. The van der Waals surface area contributed by atoms with Gasteiger partial charge in [-0.05, 0) is 47.4 Å². The lowest BCUT2D eigenvalue weighted by atomic mass is 10.1. The molecule has 0 aliphatic heterocycles. The first-order valence-corrected chi connectivity index (χ1v) is 10.5. The van der Waals surface area contributed by atoms with Crippen LogP contribution in [0.2, 0.25) is 0 Å². The van der Waals surface area contributed by atoms with E-state index in [9.17, 15) is 14.9 Å². The molecule has 0 saturated carbocycles. The molecule has 0 aliphatic rings. The standard InChI is InChI=1S/C24H20N2O6S/c1-29-18-9-7-17(13-21(18)31-3)26-23(27)16(14-25)11-15-6-8-19(20(12-15)30-2)32-24(28)22-5-4-10-33-22/h4-13H,1-3H3,(H,26,27). The fourth-order valence-corrected chi connectivity index (χ4v) is 3.43. The molecular weight excluding hydrogens is 444 g/mol. The molecular formula is C24H20N2O6S. The fraction of sp³-hybridized carbons (Fsp3) is 0.125. The Hall–Kier alpha value is -4.29. The summed E-state index contributed by atoms with van der Waals surface area (Å²) in [5.74, 6) is 0.358. The second kappa shape index (κ2) is 10.8. The summed E-state index contributed by atoms with van der Waals surface area (Å²) in [5, 5.41) is 13.9. The van der Waals surface area contributed by atoms with E-state index in [-0.39, 0.29) is 17.1 Å². The Kier molecular flexibility index (Phi) is 7.68. The number of rotatable bonds is 8. The molecule has 3 aromatic rings. The number of carbonyl (C=O) groups is 2. The number of benzene rings is 2. The minimum atomic E-state index is -0.600. The Morgan fingerprint density at radius 1 is 0.939 bits per heavy atom. The van der Waals surface area contributed by atoms with Crippen molar-refractivity contribution < 1.29 is 28.5 Å². The summed E-state index contributed by atoms with van der Waals surface area (Å²) in [4.78, 5) is 25.3. The van der Waals surface area contributed by atoms with Crippen molar-refractivity contribution in [3.8, 4) is 29.1 Å². The predicted octanol–water partition coefficient (Wildman–Crippen LogP) is 4.54. The van der Waals surface area contributed by atoms with Crippen molar-refractivity contribution in [3.05, 3.63) is 69.9 Å². The number of amides is 1. The monoisotopic (exact) mass is 464 g/mol. The highest BCUT2D eigenvalue weighted by atomic mass is 32.1. The molecule has 33 heavy (non-hydrogen) atoms. The van der Waals surface area contributed by atoms with Crippen molar-refractivity contribution in [2.75, 3.05) is 26.6 Å². The van der Waals surface area contributed by atoms with Crippen LogP contribution in [-0.4, -0.2) is 33.2 Å². The average Bonchev–Trinajstić information content (AvgIpc) is 3.38. The van der Waals surface area contributed by atoms with Crippen LogP contribution in [0, 0.1) is 11.3 Å². The molecule has 0 atom stereocenters. The number of nitrogens with one attached hydrogen (secondary N) is 1. The molecule has 1 amide bonds. The summed E-state index contributed by atoms with van der Waals surface area (Å²) in [6, 6.07) is 14.9. The van der Waals surface area contributed by atoms with E-state index in [1.807, 2.05) is 6.07 Å². The van der Waals surface area contributed by atoms with Crippen LogP contribution in [0.25, 0.3) is 6.08 Å². The number of thiophene rings is 1. The lowest BCUT2D eigenvalue weighted by Crippen LogP contribution is -2.13. The van der Waals surface area contributed by atoms with Gasteiger partial charge >= 0.3 is 5.97 Å². The van der Waals surface area contributed by atoms with Gasteiger partial charge in [0.05, 0.1) is 21.3 Å². The quantitative estimate of drug-likeness (QED) is 0.226. The van der Waals surface area contributed by atoms with Crippen LogP contribution in [0.1, 0.15) is 15.2 Å². The molecule has 9 heteroatoms. The van der Waals surface area contributed by atoms with E-state index >= 15 is 0 Å². The van der Waals surface area contributed by atoms with E-state index in [0.717, 1.165) is 0 Å². The van der Waals surface area contributed by atoms with Crippen LogP contribution in [0.4, 0.5) is 5.69 Å². The Bertz CT molecular complexity index is 1230. The largest absolute Gasteiger partial charge is 0.493 e. The van der Waals surface area contributed by atoms with E-state index in [1.54, 1.807) is 47.8 Å². The molecule has 0 aliphatic carbocycles. The third kappa shape index (κ3) is 5.70. The predicted molar refractivity (Wildman–Crippen MR) is 124 cm³/mol. The van der Waals surface area contributed by atoms with Crippen molar-refractivity contribution in [1.29, 1.82) is 5.26 Å². The van der Waals surface area contributed by atoms with Crippen LogP contribution in [-0.2, 0) is 4.79 Å². The zero-order chi connectivity index (χ0) is 23.8. The van der Waals surface area contributed by atoms with Gasteiger partial charge in [-0.15, -0.1) is 11.3 Å². The molecule has 1 aromatic heterocycles. The number of esters is 1. The smallest absolute Gasteiger partial charge is 0.353 e. The molecule has 168 valence electrons. The Balaban J connectivity index is 1.79. The molecule has 0 radical (unpaired) electrons.